The number of aromatic nitrogens is 2. The number of hydrogen-bond donors (Lipinski definition) is 1. The zero-order valence-corrected chi connectivity index (χ0v) is 13.1. The molecule has 0 saturated heterocycles. The van der Waals surface area contributed by atoms with E-state index in [2.05, 4.69) is 77.3 Å². The average molecular weight is 355 g/mol. The van der Waals surface area contributed by atoms with Crippen LogP contribution in [0.4, 0.5) is 5.69 Å². The topological polar surface area (TPSA) is 29.9 Å². The lowest BCUT2D eigenvalue weighted by molar-refractivity contribution is 0.712. The van der Waals surface area contributed by atoms with Gasteiger partial charge in [0.25, 0.3) is 0 Å². The molecule has 96 valence electrons. The summed E-state index contributed by atoms with van der Waals surface area (Å²) in [6.45, 7) is 5.18. The highest BCUT2D eigenvalue weighted by molar-refractivity contribution is 14.1. The van der Waals surface area contributed by atoms with Gasteiger partial charge in [0.05, 0.1) is 5.69 Å². The Morgan fingerprint density at radius 1 is 1.33 bits per heavy atom. The number of nitrogens with one attached hydrogen (secondary N) is 1. The van der Waals surface area contributed by atoms with Gasteiger partial charge in [0, 0.05) is 34.6 Å². The smallest absolute Gasteiger partial charge is 0.0699 e. The highest BCUT2D eigenvalue weighted by atomic mass is 127. The lowest BCUT2D eigenvalue weighted by Gasteiger charge is -2.09. The minimum atomic E-state index is 0.456. The van der Waals surface area contributed by atoms with Crippen LogP contribution in [0.5, 0.6) is 0 Å². The minimum absolute atomic E-state index is 0.456. The Hall–Kier alpha value is -1.04. The highest BCUT2D eigenvalue weighted by Crippen LogP contribution is 2.21. The van der Waals surface area contributed by atoms with Gasteiger partial charge in [0.15, 0.2) is 0 Å². The van der Waals surface area contributed by atoms with Gasteiger partial charge in [-0.05, 0) is 40.6 Å². The first-order chi connectivity index (χ1) is 8.58. The summed E-state index contributed by atoms with van der Waals surface area (Å²) in [5, 5.41) is 8.00. The number of anilines is 1. The zero-order chi connectivity index (χ0) is 13.1. The first-order valence-corrected chi connectivity index (χ1v) is 7.16. The van der Waals surface area contributed by atoms with Crippen LogP contribution in [0.3, 0.4) is 0 Å². The van der Waals surface area contributed by atoms with Crippen LogP contribution in [0.2, 0.25) is 0 Å². The van der Waals surface area contributed by atoms with Crippen LogP contribution in [-0.2, 0) is 13.6 Å². The third kappa shape index (κ3) is 3.04. The van der Waals surface area contributed by atoms with Gasteiger partial charge in [0.1, 0.15) is 0 Å². The number of hydrogen-bond acceptors (Lipinski definition) is 2. The van der Waals surface area contributed by atoms with Crippen LogP contribution in [0.25, 0.3) is 0 Å². The van der Waals surface area contributed by atoms with Crippen LogP contribution in [-0.4, -0.2) is 9.78 Å². The standard InChI is InChI=1S/C14H18IN3/c1-10(2)14-11(9-18(3)17-14)8-16-13-7-5-4-6-12(13)15/h4-7,9-10,16H,8H2,1-3H3. The van der Waals surface area contributed by atoms with E-state index < -0.39 is 0 Å². The molecule has 2 aromatic rings. The van der Waals surface area contributed by atoms with E-state index in [9.17, 15) is 0 Å². The molecule has 3 nitrogen and oxygen atoms in total. The van der Waals surface area contributed by atoms with Gasteiger partial charge in [-0.1, -0.05) is 26.0 Å². The minimum Gasteiger partial charge on any atom is -0.380 e. The molecule has 0 saturated carbocycles. The Morgan fingerprint density at radius 2 is 2.06 bits per heavy atom. The number of rotatable bonds is 4. The van der Waals surface area contributed by atoms with Gasteiger partial charge in [-0.15, -0.1) is 0 Å². The van der Waals surface area contributed by atoms with E-state index in [0.717, 1.165) is 6.54 Å². The molecule has 0 bridgehead atoms. The molecule has 1 heterocycles. The average Bonchev–Trinajstić information content (AvgIpc) is 2.70. The predicted octanol–water partition coefficient (Wildman–Crippen LogP) is 3.76. The second kappa shape index (κ2) is 5.73. The van der Waals surface area contributed by atoms with Gasteiger partial charge in [-0.2, -0.15) is 5.10 Å². The van der Waals surface area contributed by atoms with Crippen LogP contribution in [0.15, 0.2) is 30.5 Å². The third-order valence-corrected chi connectivity index (χ3v) is 3.77. The summed E-state index contributed by atoms with van der Waals surface area (Å²) in [7, 11) is 1.97. The fraction of sp³-hybridized carbons (Fsp3) is 0.357. The normalized spacial score (nSPS) is 10.9. The van der Waals surface area contributed by atoms with Crippen molar-refractivity contribution in [2.75, 3.05) is 5.32 Å². The molecule has 0 atom stereocenters. The Kier molecular flexibility index (Phi) is 4.27. The van der Waals surface area contributed by atoms with Crippen molar-refractivity contribution in [3.63, 3.8) is 0 Å². The van der Waals surface area contributed by atoms with E-state index in [4.69, 9.17) is 0 Å². The van der Waals surface area contributed by atoms with Gasteiger partial charge >= 0.3 is 0 Å². The summed E-state index contributed by atoms with van der Waals surface area (Å²) in [5.74, 6) is 0.456. The molecule has 1 aromatic heterocycles. The molecule has 1 aromatic carbocycles. The first-order valence-electron chi connectivity index (χ1n) is 6.08. The van der Waals surface area contributed by atoms with Gasteiger partial charge in [-0.25, -0.2) is 0 Å². The maximum absolute atomic E-state index is 4.52. The number of benzene rings is 1. The maximum atomic E-state index is 4.52. The predicted molar refractivity (Wildman–Crippen MR) is 83.8 cm³/mol. The molecule has 0 aliphatic heterocycles. The molecule has 1 N–H and O–H groups in total. The molecule has 4 heteroatoms. The van der Waals surface area contributed by atoms with Crippen molar-refractivity contribution in [3.05, 3.63) is 45.3 Å². The molecule has 18 heavy (non-hydrogen) atoms. The highest BCUT2D eigenvalue weighted by Gasteiger charge is 2.11. The molecular formula is C14H18IN3. The summed E-state index contributed by atoms with van der Waals surface area (Å²) < 4.78 is 3.13. The van der Waals surface area contributed by atoms with E-state index in [-0.39, 0.29) is 0 Å². The number of aryl methyl sites for hydroxylation is 1. The molecule has 2 rings (SSSR count). The summed E-state index contributed by atoms with van der Waals surface area (Å²) in [4.78, 5) is 0. The second-order valence-corrected chi connectivity index (χ2v) is 5.86. The fourth-order valence-electron chi connectivity index (χ4n) is 1.97. The lowest BCUT2D eigenvalue weighted by Crippen LogP contribution is -2.03. The Bertz CT molecular complexity index is 532. The molecular weight excluding hydrogens is 337 g/mol. The van der Waals surface area contributed by atoms with Crippen molar-refractivity contribution in [3.8, 4) is 0 Å². The molecule has 0 unspecified atom stereocenters. The molecule has 0 fully saturated rings. The molecule has 0 radical (unpaired) electrons. The zero-order valence-electron chi connectivity index (χ0n) is 10.9. The number of para-hydroxylation sites is 1. The van der Waals surface area contributed by atoms with E-state index in [0.29, 0.717) is 5.92 Å². The summed E-state index contributed by atoms with van der Waals surface area (Å²) in [5.41, 5.74) is 3.62. The van der Waals surface area contributed by atoms with Crippen molar-refractivity contribution in [2.24, 2.45) is 7.05 Å². The third-order valence-electron chi connectivity index (χ3n) is 2.83. The van der Waals surface area contributed by atoms with Crippen molar-refractivity contribution >= 4 is 28.3 Å². The monoisotopic (exact) mass is 355 g/mol. The molecule has 0 aliphatic carbocycles. The maximum Gasteiger partial charge on any atom is 0.0699 e. The Labute approximate surface area is 122 Å². The van der Waals surface area contributed by atoms with Gasteiger partial charge < -0.3 is 5.32 Å². The van der Waals surface area contributed by atoms with Crippen molar-refractivity contribution in [1.82, 2.24) is 9.78 Å². The van der Waals surface area contributed by atoms with Crippen LogP contribution in [0, 0.1) is 3.57 Å². The fourth-order valence-corrected chi connectivity index (χ4v) is 2.55. The summed E-state index contributed by atoms with van der Waals surface area (Å²) in [6.07, 6.45) is 2.10. The largest absolute Gasteiger partial charge is 0.380 e. The molecule has 0 amide bonds. The summed E-state index contributed by atoms with van der Waals surface area (Å²) >= 11 is 2.35. The lowest BCUT2D eigenvalue weighted by atomic mass is 10.1. The van der Waals surface area contributed by atoms with Gasteiger partial charge in [0.2, 0.25) is 0 Å². The molecule has 0 aliphatic rings. The van der Waals surface area contributed by atoms with Crippen molar-refractivity contribution < 1.29 is 0 Å². The summed E-state index contributed by atoms with van der Waals surface area (Å²) in [6, 6.07) is 8.32. The van der Waals surface area contributed by atoms with Crippen molar-refractivity contribution in [2.45, 2.75) is 26.3 Å². The van der Waals surface area contributed by atoms with Crippen LogP contribution >= 0.6 is 22.6 Å². The Morgan fingerprint density at radius 3 is 2.72 bits per heavy atom. The van der Waals surface area contributed by atoms with E-state index in [1.807, 2.05) is 11.7 Å². The molecule has 0 spiro atoms. The van der Waals surface area contributed by atoms with Crippen LogP contribution in [0.1, 0.15) is 31.0 Å². The number of nitrogens with zero attached hydrogens (tertiary/aromatic N) is 2. The van der Waals surface area contributed by atoms with E-state index in [1.54, 1.807) is 0 Å². The number of halogens is 1. The quantitative estimate of drug-likeness (QED) is 0.847. The Balaban J connectivity index is 2.13. The first kappa shape index (κ1) is 13.4. The van der Waals surface area contributed by atoms with Crippen molar-refractivity contribution in [1.29, 1.82) is 0 Å². The van der Waals surface area contributed by atoms with Gasteiger partial charge in [-0.3, -0.25) is 4.68 Å². The second-order valence-electron chi connectivity index (χ2n) is 4.70. The van der Waals surface area contributed by atoms with E-state index >= 15 is 0 Å². The van der Waals surface area contributed by atoms with E-state index in [1.165, 1.54) is 20.5 Å². The van der Waals surface area contributed by atoms with Crippen LogP contribution < -0.4 is 5.32 Å². The SMILES string of the molecule is CC(C)c1nn(C)cc1CNc1ccccc1I.